The summed E-state index contributed by atoms with van der Waals surface area (Å²) in [6.45, 7) is 2.04. The second kappa shape index (κ2) is 20.6. The number of aryl methyl sites for hydroxylation is 1. The van der Waals surface area contributed by atoms with Crippen LogP contribution in [0, 0.1) is 0 Å². The highest BCUT2D eigenvalue weighted by atomic mass is 31.2. The minimum absolute atomic E-state index is 0.202. The molecule has 0 aliphatic carbocycles. The van der Waals surface area contributed by atoms with Crippen molar-refractivity contribution in [3.05, 3.63) is 35.9 Å². The van der Waals surface area contributed by atoms with Crippen molar-refractivity contribution < 1.29 is 23.5 Å². The van der Waals surface area contributed by atoms with E-state index in [0.29, 0.717) is 13.2 Å². The molecule has 0 spiro atoms. The van der Waals surface area contributed by atoms with E-state index in [0.717, 1.165) is 49.6 Å². The molecule has 2 N–H and O–H groups in total. The molecule has 1 rings (SSSR count). The Morgan fingerprint density at radius 3 is 1.79 bits per heavy atom. The highest BCUT2D eigenvalue weighted by molar-refractivity contribution is 7.40. The van der Waals surface area contributed by atoms with Crippen molar-refractivity contribution in [1.82, 2.24) is 0 Å². The molecule has 1 aromatic rings. The number of hydrogen-bond acceptors (Lipinski definition) is 4. The molecule has 0 radical (unpaired) electrons. The smallest absolute Gasteiger partial charge is 0.329 e. The molecule has 0 aliphatic rings. The average molecular weight is 499 g/mol. The topological polar surface area (TPSA) is 58.9 Å². The van der Waals surface area contributed by atoms with Gasteiger partial charge in [-0.05, 0) is 44.1 Å². The molecule has 2 unspecified atom stereocenters. The molecule has 0 heterocycles. The van der Waals surface area contributed by atoms with E-state index < -0.39 is 8.60 Å². The Hall–Kier alpha value is -0.550. The molecule has 0 fully saturated rings. The van der Waals surface area contributed by atoms with Crippen LogP contribution in [0.25, 0.3) is 0 Å². The van der Waals surface area contributed by atoms with Crippen molar-refractivity contribution in [2.45, 2.75) is 102 Å². The third-order valence-corrected chi connectivity index (χ3v) is 6.96. The summed E-state index contributed by atoms with van der Waals surface area (Å²) in [5, 5.41) is 10.2. The van der Waals surface area contributed by atoms with Gasteiger partial charge in [-0.25, -0.2) is 0 Å². The van der Waals surface area contributed by atoms with Crippen LogP contribution in [0.5, 0.6) is 0 Å². The maximum Gasteiger partial charge on any atom is 0.329 e. The summed E-state index contributed by atoms with van der Waals surface area (Å²) in [6.07, 6.45) is 17.1. The fourth-order valence-electron chi connectivity index (χ4n) is 4.08. The monoisotopic (exact) mass is 498 g/mol. The molecule has 0 bridgehead atoms. The van der Waals surface area contributed by atoms with Gasteiger partial charge in [-0.3, -0.25) is 0 Å². The number of unbranched alkanes of at least 4 members (excludes halogenated alkanes) is 9. The minimum atomic E-state index is -1.76. The summed E-state index contributed by atoms with van der Waals surface area (Å²) in [4.78, 5) is 9.75. The number of quaternary nitrogens is 1. The molecule has 2 atom stereocenters. The van der Waals surface area contributed by atoms with E-state index in [2.05, 4.69) is 51.5 Å². The summed E-state index contributed by atoms with van der Waals surface area (Å²) in [5.41, 5.74) is 1.46. The zero-order chi connectivity index (χ0) is 24.9. The van der Waals surface area contributed by atoms with E-state index in [4.69, 9.17) is 9.05 Å². The number of aliphatic hydroxyl groups excluding tert-OH is 1. The van der Waals surface area contributed by atoms with Gasteiger partial charge in [-0.2, -0.15) is 0 Å². The first-order valence-electron chi connectivity index (χ1n) is 13.6. The lowest BCUT2D eigenvalue weighted by atomic mass is 10.0. The maximum atomic E-state index is 10.2. The second-order valence-corrected chi connectivity index (χ2v) is 11.6. The lowest BCUT2D eigenvalue weighted by Gasteiger charge is -2.23. The lowest BCUT2D eigenvalue weighted by molar-refractivity contribution is -0.870. The first kappa shape index (κ1) is 31.5. The van der Waals surface area contributed by atoms with Gasteiger partial charge < -0.3 is 23.5 Å². The van der Waals surface area contributed by atoms with E-state index in [1.54, 1.807) is 0 Å². The molecule has 198 valence electrons. The lowest BCUT2D eigenvalue weighted by Crippen LogP contribution is -2.35. The number of aliphatic hydroxyl groups is 1. The van der Waals surface area contributed by atoms with Gasteiger partial charge in [0.15, 0.2) is 0 Å². The van der Waals surface area contributed by atoms with E-state index >= 15 is 0 Å². The summed E-state index contributed by atoms with van der Waals surface area (Å²) in [6, 6.07) is 10.8. The van der Waals surface area contributed by atoms with Gasteiger partial charge in [0.1, 0.15) is 0 Å². The Morgan fingerprint density at radius 2 is 1.21 bits per heavy atom. The van der Waals surface area contributed by atoms with Crippen molar-refractivity contribution in [1.29, 1.82) is 0 Å². The largest absolute Gasteiger partial charge is 0.393 e. The summed E-state index contributed by atoms with van der Waals surface area (Å²) >= 11 is 0. The molecule has 1 aromatic carbocycles. The molecule has 6 heteroatoms. The highest BCUT2D eigenvalue weighted by Gasteiger charge is 2.10. The Bertz CT molecular complexity index is 567. The first-order chi connectivity index (χ1) is 16.4. The fourth-order valence-corrected chi connectivity index (χ4v) is 4.72. The molecular weight excluding hydrogens is 445 g/mol. The number of nitrogens with zero attached hydrogens (tertiary/aromatic N) is 1. The van der Waals surface area contributed by atoms with Crippen LogP contribution < -0.4 is 0 Å². The standard InChI is InChI=1S/C28H53NO4P/c1-29(2,3)24-18-26-33-34(31)32-25-17-16-23-28(30)22-15-10-8-6-4-5-7-9-12-19-27-20-13-11-14-21-27/h11,13-14,20-21,28,30-31H,4-10,12,15-19,22-26H2,1-3H3/q+1. The van der Waals surface area contributed by atoms with Crippen LogP contribution in [-0.4, -0.2) is 61.5 Å². The molecule has 0 aliphatic heterocycles. The van der Waals surface area contributed by atoms with Crippen LogP contribution in [0.4, 0.5) is 0 Å². The van der Waals surface area contributed by atoms with E-state index in [1.807, 2.05) is 0 Å². The van der Waals surface area contributed by atoms with E-state index in [9.17, 15) is 10.00 Å². The van der Waals surface area contributed by atoms with Crippen molar-refractivity contribution in [3.8, 4) is 0 Å². The van der Waals surface area contributed by atoms with Crippen molar-refractivity contribution in [3.63, 3.8) is 0 Å². The summed E-state index contributed by atoms with van der Waals surface area (Å²) in [5.74, 6) is 0. The van der Waals surface area contributed by atoms with Crippen LogP contribution in [0.2, 0.25) is 0 Å². The highest BCUT2D eigenvalue weighted by Crippen LogP contribution is 2.33. The zero-order valence-corrected chi connectivity index (χ0v) is 23.2. The van der Waals surface area contributed by atoms with Crippen LogP contribution in [0.1, 0.15) is 95.5 Å². The molecule has 0 saturated carbocycles. The van der Waals surface area contributed by atoms with Gasteiger partial charge in [0.25, 0.3) is 0 Å². The van der Waals surface area contributed by atoms with Crippen LogP contribution in [0.3, 0.4) is 0 Å². The SMILES string of the molecule is C[N+](C)(C)CCCOP(O)OCCCCC(O)CCCCCCCCCCCc1ccccc1. The number of rotatable bonds is 23. The van der Waals surface area contributed by atoms with E-state index in [-0.39, 0.29) is 6.10 Å². The van der Waals surface area contributed by atoms with Gasteiger partial charge in [-0.1, -0.05) is 81.7 Å². The van der Waals surface area contributed by atoms with Crippen molar-refractivity contribution in [2.75, 3.05) is 40.9 Å². The van der Waals surface area contributed by atoms with Gasteiger partial charge >= 0.3 is 8.60 Å². The summed E-state index contributed by atoms with van der Waals surface area (Å²) in [7, 11) is 4.67. The molecule has 34 heavy (non-hydrogen) atoms. The van der Waals surface area contributed by atoms with Crippen molar-refractivity contribution in [2.24, 2.45) is 0 Å². The minimum Gasteiger partial charge on any atom is -0.393 e. The van der Waals surface area contributed by atoms with E-state index in [1.165, 1.54) is 63.4 Å². The molecule has 5 nitrogen and oxygen atoms in total. The first-order valence-corrected chi connectivity index (χ1v) is 14.8. The number of hydrogen-bond donors (Lipinski definition) is 2. The third kappa shape index (κ3) is 20.8. The fraction of sp³-hybridized carbons (Fsp3) is 0.786. The normalized spacial score (nSPS) is 13.8. The number of benzene rings is 1. The van der Waals surface area contributed by atoms with Gasteiger partial charge in [0, 0.05) is 6.42 Å². The van der Waals surface area contributed by atoms with Crippen LogP contribution in [-0.2, 0) is 15.5 Å². The zero-order valence-electron chi connectivity index (χ0n) is 22.3. The molecular formula is C28H53NO4P+. The summed E-state index contributed by atoms with van der Waals surface area (Å²) < 4.78 is 11.6. The Morgan fingerprint density at radius 1 is 0.706 bits per heavy atom. The molecule has 0 saturated heterocycles. The third-order valence-electron chi connectivity index (χ3n) is 6.15. The van der Waals surface area contributed by atoms with Crippen LogP contribution >= 0.6 is 8.60 Å². The van der Waals surface area contributed by atoms with Gasteiger partial charge in [0.2, 0.25) is 0 Å². The van der Waals surface area contributed by atoms with Gasteiger partial charge in [0.05, 0.1) is 47.0 Å². The van der Waals surface area contributed by atoms with Crippen LogP contribution in [0.15, 0.2) is 30.3 Å². The van der Waals surface area contributed by atoms with Crippen molar-refractivity contribution >= 4 is 8.60 Å². The average Bonchev–Trinajstić information content (AvgIpc) is 2.80. The maximum absolute atomic E-state index is 10.2. The second-order valence-electron chi connectivity index (χ2n) is 10.6. The quantitative estimate of drug-likeness (QED) is 0.0968. The molecule has 0 aromatic heterocycles. The Balaban J connectivity index is 1.79. The predicted molar refractivity (Wildman–Crippen MR) is 145 cm³/mol. The Labute approximate surface area is 211 Å². The van der Waals surface area contributed by atoms with Gasteiger partial charge in [-0.15, -0.1) is 0 Å². The predicted octanol–water partition coefficient (Wildman–Crippen LogP) is 7.01. The Kier molecular flexibility index (Phi) is 19.1. The molecule has 0 amide bonds.